The molecule has 2 N–H and O–H groups in total. The van der Waals surface area contributed by atoms with Crippen LogP contribution in [0.5, 0.6) is 0 Å². The molecule has 0 unspecified atom stereocenters. The first-order valence-electron chi connectivity index (χ1n) is 11.0. The Kier molecular flexibility index (Phi) is 8.41. The Morgan fingerprint density at radius 2 is 1.65 bits per heavy atom. The summed E-state index contributed by atoms with van der Waals surface area (Å²) < 4.78 is 39.8. The van der Waals surface area contributed by atoms with E-state index in [4.69, 9.17) is 13.7 Å². The first kappa shape index (κ1) is 27.6. The number of anilines is 2. The summed E-state index contributed by atoms with van der Waals surface area (Å²) in [5.41, 5.74) is -0.346. The van der Waals surface area contributed by atoms with Gasteiger partial charge in [-0.15, -0.1) is 0 Å². The van der Waals surface area contributed by atoms with E-state index in [2.05, 4.69) is 15.6 Å². The monoisotopic (exact) mass is 500 g/mol. The zero-order valence-electron chi connectivity index (χ0n) is 21.0. The fraction of sp³-hybridized carbons (Fsp3) is 0.682. The van der Waals surface area contributed by atoms with Gasteiger partial charge in [0.2, 0.25) is 0 Å². The van der Waals surface area contributed by atoms with Crippen molar-refractivity contribution >= 4 is 33.7 Å². The molecule has 1 saturated heterocycles. The van der Waals surface area contributed by atoms with Crippen molar-refractivity contribution in [3.8, 4) is 0 Å². The van der Waals surface area contributed by atoms with Gasteiger partial charge in [0.1, 0.15) is 17.3 Å². The summed E-state index contributed by atoms with van der Waals surface area (Å²) >= 11 is 0. The predicted molar refractivity (Wildman–Crippen MR) is 128 cm³/mol. The van der Waals surface area contributed by atoms with E-state index >= 15 is 0 Å². The first-order chi connectivity index (χ1) is 15.4. The number of carbonyl (C=O) groups excluding carboxylic acids is 2. The number of hydrogen-bond acceptors (Lipinski definition) is 9. The number of ether oxygens (including phenoxy) is 2. The number of piperidine rings is 1. The van der Waals surface area contributed by atoms with E-state index in [1.807, 2.05) is 11.8 Å². The van der Waals surface area contributed by atoms with Gasteiger partial charge in [0.05, 0.1) is 29.9 Å². The van der Waals surface area contributed by atoms with Crippen LogP contribution in [0, 0.1) is 5.92 Å². The van der Waals surface area contributed by atoms with E-state index in [9.17, 15) is 18.0 Å². The quantitative estimate of drug-likeness (QED) is 0.584. The van der Waals surface area contributed by atoms with Crippen molar-refractivity contribution in [2.24, 2.45) is 5.92 Å². The summed E-state index contributed by atoms with van der Waals surface area (Å²) in [6.45, 7) is 12.9. The highest BCUT2D eigenvalue weighted by Crippen LogP contribution is 2.31. The van der Waals surface area contributed by atoms with Crippen LogP contribution in [0.4, 0.5) is 21.0 Å². The Labute approximate surface area is 201 Å². The average molecular weight is 501 g/mol. The molecule has 12 heteroatoms. The molecule has 2 rings (SSSR count). The van der Waals surface area contributed by atoms with Crippen molar-refractivity contribution in [3.05, 3.63) is 18.5 Å². The molecule has 3 atom stereocenters. The summed E-state index contributed by atoms with van der Waals surface area (Å²) in [5.74, 6) is -0.300. The average Bonchev–Trinajstić information content (AvgIpc) is 2.60. The lowest BCUT2D eigenvalue weighted by molar-refractivity contribution is 0.0379. The maximum absolute atomic E-state index is 12.5. The van der Waals surface area contributed by atoms with Gasteiger partial charge in [0, 0.05) is 25.2 Å². The number of rotatable bonds is 5. The standard InChI is InChI=1S/C22H36N4O7S/c1-14-12-26(17-9-10-23-11-15(17)24-19(27)31-21(2,3)4)13-16(18(14)33-34(8,29)30)25-20(28)32-22(5,6)7/h9-11,14,16,18H,12-13H2,1-8H3,(H,24,27)(H,25,28)/t14-,16+,18+/m0/s1. The molecular formula is C22H36N4O7S. The number of pyridine rings is 1. The van der Waals surface area contributed by atoms with Gasteiger partial charge in [-0.25, -0.2) is 9.59 Å². The van der Waals surface area contributed by atoms with Gasteiger partial charge in [-0.1, -0.05) is 6.92 Å². The zero-order valence-corrected chi connectivity index (χ0v) is 21.9. The maximum Gasteiger partial charge on any atom is 0.412 e. The molecule has 1 aliphatic heterocycles. The molecule has 0 aliphatic carbocycles. The van der Waals surface area contributed by atoms with E-state index in [-0.39, 0.29) is 12.5 Å². The minimum atomic E-state index is -3.78. The van der Waals surface area contributed by atoms with Gasteiger partial charge in [0.25, 0.3) is 10.1 Å². The summed E-state index contributed by atoms with van der Waals surface area (Å²) in [6.07, 6.45) is 1.93. The van der Waals surface area contributed by atoms with Crippen LogP contribution in [0.15, 0.2) is 18.5 Å². The third kappa shape index (κ3) is 8.98. The van der Waals surface area contributed by atoms with E-state index in [1.54, 1.807) is 53.8 Å². The first-order valence-corrected chi connectivity index (χ1v) is 12.8. The van der Waals surface area contributed by atoms with Gasteiger partial charge in [-0.05, 0) is 47.6 Å². The Hall–Kier alpha value is -2.60. The van der Waals surface area contributed by atoms with Gasteiger partial charge >= 0.3 is 12.2 Å². The summed E-state index contributed by atoms with van der Waals surface area (Å²) in [6, 6.07) is 1.01. The summed E-state index contributed by atoms with van der Waals surface area (Å²) in [4.78, 5) is 30.8. The topological polar surface area (TPSA) is 136 Å². The van der Waals surface area contributed by atoms with Crippen LogP contribution in [0.25, 0.3) is 0 Å². The van der Waals surface area contributed by atoms with Crippen molar-refractivity contribution in [2.45, 2.75) is 71.8 Å². The lowest BCUT2D eigenvalue weighted by Gasteiger charge is -2.43. The fourth-order valence-corrected chi connectivity index (χ4v) is 4.31. The van der Waals surface area contributed by atoms with Crippen molar-refractivity contribution in [1.29, 1.82) is 0 Å². The Bertz CT molecular complexity index is 986. The molecule has 1 aromatic heterocycles. The minimum Gasteiger partial charge on any atom is -0.444 e. The van der Waals surface area contributed by atoms with Crippen LogP contribution in [0.3, 0.4) is 0 Å². The van der Waals surface area contributed by atoms with Gasteiger partial charge < -0.3 is 19.7 Å². The lowest BCUT2D eigenvalue weighted by Crippen LogP contribution is -2.60. The van der Waals surface area contributed by atoms with Crippen LogP contribution >= 0.6 is 0 Å². The fourth-order valence-electron chi connectivity index (χ4n) is 3.58. The lowest BCUT2D eigenvalue weighted by atomic mass is 9.92. The van der Waals surface area contributed by atoms with E-state index in [0.717, 1.165) is 6.26 Å². The van der Waals surface area contributed by atoms with Crippen LogP contribution in [-0.2, 0) is 23.8 Å². The third-order valence-electron chi connectivity index (χ3n) is 4.65. The molecule has 1 fully saturated rings. The van der Waals surface area contributed by atoms with Crippen molar-refractivity contribution in [3.63, 3.8) is 0 Å². The molecular weight excluding hydrogens is 464 g/mol. The Morgan fingerprint density at radius 3 is 2.21 bits per heavy atom. The molecule has 0 saturated carbocycles. The van der Waals surface area contributed by atoms with E-state index < -0.39 is 45.7 Å². The van der Waals surface area contributed by atoms with Crippen LogP contribution in [0.1, 0.15) is 48.5 Å². The second kappa shape index (κ2) is 10.3. The number of hydrogen-bond donors (Lipinski definition) is 2. The highest BCUT2D eigenvalue weighted by Gasteiger charge is 2.40. The molecule has 0 aromatic carbocycles. The van der Waals surface area contributed by atoms with Crippen molar-refractivity contribution in [1.82, 2.24) is 10.3 Å². The summed E-state index contributed by atoms with van der Waals surface area (Å²) in [7, 11) is -3.78. The Balaban J connectivity index is 2.31. The second-order valence-corrected chi connectivity index (χ2v) is 12.0. The third-order valence-corrected chi connectivity index (χ3v) is 5.22. The van der Waals surface area contributed by atoms with E-state index in [1.165, 1.54) is 6.20 Å². The Morgan fingerprint density at radius 1 is 1.06 bits per heavy atom. The van der Waals surface area contributed by atoms with Crippen molar-refractivity contribution in [2.75, 3.05) is 29.6 Å². The normalized spacial score (nSPS) is 21.5. The smallest absolute Gasteiger partial charge is 0.412 e. The number of nitrogens with zero attached hydrogens (tertiary/aromatic N) is 2. The number of alkyl carbamates (subject to hydrolysis) is 1. The van der Waals surface area contributed by atoms with E-state index in [0.29, 0.717) is 17.9 Å². The number of carbonyl (C=O) groups is 2. The van der Waals surface area contributed by atoms with Crippen LogP contribution < -0.4 is 15.5 Å². The maximum atomic E-state index is 12.5. The van der Waals surface area contributed by atoms with Crippen LogP contribution in [0.2, 0.25) is 0 Å². The number of amides is 2. The zero-order chi connectivity index (χ0) is 25.9. The largest absolute Gasteiger partial charge is 0.444 e. The molecule has 2 heterocycles. The highest BCUT2D eigenvalue weighted by molar-refractivity contribution is 7.86. The molecule has 11 nitrogen and oxygen atoms in total. The molecule has 0 spiro atoms. The van der Waals surface area contributed by atoms with Crippen molar-refractivity contribution < 1.29 is 31.7 Å². The molecule has 2 amide bonds. The highest BCUT2D eigenvalue weighted by atomic mass is 32.2. The molecule has 1 aromatic rings. The second-order valence-electron chi connectivity index (χ2n) is 10.4. The summed E-state index contributed by atoms with van der Waals surface area (Å²) in [5, 5.41) is 5.46. The number of aromatic nitrogens is 1. The number of nitrogens with one attached hydrogen (secondary N) is 2. The van der Waals surface area contributed by atoms with Gasteiger partial charge in [0.15, 0.2) is 0 Å². The van der Waals surface area contributed by atoms with Gasteiger partial charge in [-0.3, -0.25) is 14.5 Å². The minimum absolute atomic E-state index is 0.205. The molecule has 0 radical (unpaired) electrons. The molecule has 0 bridgehead atoms. The molecule has 34 heavy (non-hydrogen) atoms. The molecule has 1 aliphatic rings. The van der Waals surface area contributed by atoms with Gasteiger partial charge in [-0.2, -0.15) is 8.42 Å². The SMILES string of the molecule is C[C@H]1CN(c2ccncc2NC(=O)OC(C)(C)C)C[C@@H](NC(=O)OC(C)(C)C)[C@@H]1OS(C)(=O)=O. The molecule has 192 valence electrons. The predicted octanol–water partition coefficient (Wildman–Crippen LogP) is 3.12. The van der Waals surface area contributed by atoms with Crippen LogP contribution in [-0.4, -0.2) is 68.3 Å².